The Labute approximate surface area is 142 Å². The van der Waals surface area contributed by atoms with Crippen LogP contribution in [0.25, 0.3) is 5.52 Å². The number of hydrogen-bond donors (Lipinski definition) is 0. The molecule has 5 heteroatoms. The Morgan fingerprint density at radius 3 is 2.83 bits per heavy atom. The Bertz CT molecular complexity index is 689. The Hall–Kier alpha value is -1.33. The van der Waals surface area contributed by atoms with Crippen LogP contribution in [0.2, 0.25) is 0 Å². The highest BCUT2D eigenvalue weighted by molar-refractivity contribution is 7.96. The molecule has 124 valence electrons. The maximum Gasteiger partial charge on any atom is 0.152 e. The van der Waals surface area contributed by atoms with Crippen LogP contribution in [0.5, 0.6) is 0 Å². The molecular formula is C18H25N3OS. The van der Waals surface area contributed by atoms with Crippen LogP contribution in [-0.2, 0) is 0 Å². The summed E-state index contributed by atoms with van der Waals surface area (Å²) < 4.78 is 4.47. The van der Waals surface area contributed by atoms with Crippen molar-refractivity contribution >= 4 is 23.8 Å². The largest absolute Gasteiger partial charge is 0.298 e. The quantitative estimate of drug-likeness (QED) is 0.614. The second kappa shape index (κ2) is 7.05. The molecule has 0 bridgehead atoms. The van der Waals surface area contributed by atoms with Crippen LogP contribution >= 0.6 is 11.9 Å². The molecule has 0 saturated carbocycles. The van der Waals surface area contributed by atoms with E-state index in [0.29, 0.717) is 11.8 Å². The van der Waals surface area contributed by atoms with Crippen LogP contribution in [0.15, 0.2) is 18.3 Å². The Morgan fingerprint density at radius 2 is 2.17 bits per heavy atom. The molecule has 0 amide bonds. The van der Waals surface area contributed by atoms with Gasteiger partial charge < -0.3 is 0 Å². The first kappa shape index (κ1) is 16.5. The summed E-state index contributed by atoms with van der Waals surface area (Å²) in [5.41, 5.74) is 4.03. The summed E-state index contributed by atoms with van der Waals surface area (Å²) in [6.45, 7) is 8.88. The number of rotatable bonds is 5. The van der Waals surface area contributed by atoms with Crippen molar-refractivity contribution in [3.05, 3.63) is 35.2 Å². The Morgan fingerprint density at radius 1 is 1.43 bits per heavy atom. The van der Waals surface area contributed by atoms with Gasteiger partial charge in [-0.25, -0.2) is 4.52 Å². The molecule has 1 fully saturated rings. The molecule has 3 heterocycles. The van der Waals surface area contributed by atoms with Crippen molar-refractivity contribution in [2.45, 2.75) is 39.5 Å². The first-order valence-corrected chi connectivity index (χ1v) is 9.40. The van der Waals surface area contributed by atoms with Gasteiger partial charge >= 0.3 is 0 Å². The molecule has 1 atom stereocenters. The summed E-state index contributed by atoms with van der Waals surface area (Å²) in [7, 11) is 0. The minimum atomic E-state index is 0.417. The van der Waals surface area contributed by atoms with Crippen LogP contribution in [-0.4, -0.2) is 39.0 Å². The Balaban J connectivity index is 1.88. The molecule has 23 heavy (non-hydrogen) atoms. The molecule has 1 saturated heterocycles. The average Bonchev–Trinajstić information content (AvgIpc) is 2.86. The number of fused-ring (bicyclic) bond motifs is 1. The topological polar surface area (TPSA) is 37.6 Å². The summed E-state index contributed by atoms with van der Waals surface area (Å²) in [5, 5.41) is 4.51. The number of hydrogen-bond acceptors (Lipinski definition) is 4. The summed E-state index contributed by atoms with van der Waals surface area (Å²) in [4.78, 5) is 11.5. The molecule has 0 radical (unpaired) electrons. The summed E-state index contributed by atoms with van der Waals surface area (Å²) in [6, 6.07) is 3.89. The molecule has 0 N–H and O–H groups in total. The van der Waals surface area contributed by atoms with Crippen LogP contribution < -0.4 is 0 Å². The number of piperidine rings is 1. The Kier molecular flexibility index (Phi) is 5.07. The van der Waals surface area contributed by atoms with Gasteiger partial charge in [-0.15, -0.1) is 0 Å². The van der Waals surface area contributed by atoms with Crippen LogP contribution in [0.3, 0.4) is 0 Å². The average molecular weight is 331 g/mol. The van der Waals surface area contributed by atoms with E-state index in [2.05, 4.69) is 30.2 Å². The van der Waals surface area contributed by atoms with E-state index in [0.717, 1.165) is 41.8 Å². The zero-order chi connectivity index (χ0) is 16.4. The fourth-order valence-corrected chi connectivity index (χ4v) is 4.68. The fraction of sp³-hybridized carbons (Fsp3) is 0.556. The minimum Gasteiger partial charge on any atom is -0.298 e. The third kappa shape index (κ3) is 3.04. The second-order valence-electron chi connectivity index (χ2n) is 6.34. The van der Waals surface area contributed by atoms with E-state index in [-0.39, 0.29) is 0 Å². The first-order chi connectivity index (χ1) is 11.2. The molecule has 2 aromatic heterocycles. The zero-order valence-corrected chi connectivity index (χ0v) is 15.0. The molecule has 2 aromatic rings. The van der Waals surface area contributed by atoms with E-state index in [1.54, 1.807) is 6.20 Å². The standard InChI is InChI=1S/C18H25N3OS/c1-4-23-20-10-7-15(8-11-20)13(2)18-14(3)16(12-22)17-6-5-9-19-21(17)18/h5-6,9,12-13,15H,4,7-8,10-11H2,1-3H3. The van der Waals surface area contributed by atoms with Crippen molar-refractivity contribution in [2.24, 2.45) is 5.92 Å². The lowest BCUT2D eigenvalue weighted by atomic mass is 9.83. The lowest BCUT2D eigenvalue weighted by molar-refractivity contribution is 0.112. The van der Waals surface area contributed by atoms with E-state index in [1.807, 2.05) is 28.6 Å². The first-order valence-electron chi connectivity index (χ1n) is 8.46. The zero-order valence-electron chi connectivity index (χ0n) is 14.2. The highest BCUT2D eigenvalue weighted by Gasteiger charge is 2.29. The number of aldehydes is 1. The summed E-state index contributed by atoms with van der Waals surface area (Å²) in [6.07, 6.45) is 5.20. The van der Waals surface area contributed by atoms with E-state index in [1.165, 1.54) is 18.5 Å². The fourth-order valence-electron chi connectivity index (χ4n) is 3.85. The van der Waals surface area contributed by atoms with Gasteiger partial charge in [0.25, 0.3) is 0 Å². The SMILES string of the molecule is CCSN1CCC(C(C)c2c(C)c(C=O)c3cccnn23)CC1. The van der Waals surface area contributed by atoms with Gasteiger partial charge in [0.2, 0.25) is 0 Å². The third-order valence-corrected chi connectivity index (χ3v) is 6.10. The van der Waals surface area contributed by atoms with Crippen molar-refractivity contribution in [3.63, 3.8) is 0 Å². The number of carbonyl (C=O) groups excluding carboxylic acids is 1. The maximum absolute atomic E-state index is 11.5. The van der Waals surface area contributed by atoms with Crippen LogP contribution in [0.4, 0.5) is 0 Å². The summed E-state index contributed by atoms with van der Waals surface area (Å²) in [5.74, 6) is 2.22. The highest BCUT2D eigenvalue weighted by Crippen LogP contribution is 2.37. The van der Waals surface area contributed by atoms with Gasteiger partial charge in [0.15, 0.2) is 6.29 Å². The van der Waals surface area contributed by atoms with E-state index in [4.69, 9.17) is 0 Å². The van der Waals surface area contributed by atoms with Crippen LogP contribution in [0, 0.1) is 12.8 Å². The van der Waals surface area contributed by atoms with Gasteiger partial charge in [-0.2, -0.15) is 5.10 Å². The van der Waals surface area contributed by atoms with Gasteiger partial charge in [0.1, 0.15) is 0 Å². The van der Waals surface area contributed by atoms with Crippen molar-refractivity contribution in [3.8, 4) is 0 Å². The second-order valence-corrected chi connectivity index (χ2v) is 7.69. The van der Waals surface area contributed by atoms with Gasteiger partial charge in [0.05, 0.1) is 5.52 Å². The van der Waals surface area contributed by atoms with Gasteiger partial charge in [-0.05, 0) is 43.4 Å². The molecule has 0 aromatic carbocycles. The van der Waals surface area contributed by atoms with Gasteiger partial charge in [-0.1, -0.05) is 25.8 Å². The predicted octanol–water partition coefficient (Wildman–Crippen LogP) is 3.94. The van der Waals surface area contributed by atoms with Gasteiger partial charge in [0, 0.05) is 42.2 Å². The lowest BCUT2D eigenvalue weighted by Gasteiger charge is -2.34. The number of nitrogens with zero attached hydrogens (tertiary/aromatic N) is 3. The van der Waals surface area contributed by atoms with E-state index < -0.39 is 0 Å². The molecule has 0 aliphatic carbocycles. The molecular weight excluding hydrogens is 306 g/mol. The third-order valence-electron chi connectivity index (χ3n) is 5.11. The van der Waals surface area contributed by atoms with Crippen molar-refractivity contribution in [1.82, 2.24) is 13.9 Å². The molecule has 1 aliphatic heterocycles. The van der Waals surface area contributed by atoms with Crippen LogP contribution in [0.1, 0.15) is 54.2 Å². The normalized spacial score (nSPS) is 18.4. The van der Waals surface area contributed by atoms with Crippen molar-refractivity contribution in [1.29, 1.82) is 0 Å². The van der Waals surface area contributed by atoms with Crippen molar-refractivity contribution in [2.75, 3.05) is 18.8 Å². The molecule has 1 unspecified atom stereocenters. The molecule has 4 nitrogen and oxygen atoms in total. The molecule has 1 aliphatic rings. The lowest BCUT2D eigenvalue weighted by Crippen LogP contribution is -2.31. The molecule has 0 spiro atoms. The smallest absolute Gasteiger partial charge is 0.152 e. The molecule has 3 rings (SSSR count). The monoisotopic (exact) mass is 331 g/mol. The summed E-state index contributed by atoms with van der Waals surface area (Å²) >= 11 is 1.94. The highest BCUT2D eigenvalue weighted by atomic mass is 32.2. The van der Waals surface area contributed by atoms with E-state index >= 15 is 0 Å². The maximum atomic E-state index is 11.5. The van der Waals surface area contributed by atoms with Crippen molar-refractivity contribution < 1.29 is 4.79 Å². The number of carbonyl (C=O) groups is 1. The minimum absolute atomic E-state index is 0.417. The van der Waals surface area contributed by atoms with Gasteiger partial charge in [-0.3, -0.25) is 9.10 Å². The predicted molar refractivity (Wildman–Crippen MR) is 96.2 cm³/mol. The number of aromatic nitrogens is 2. The van der Waals surface area contributed by atoms with E-state index in [9.17, 15) is 4.79 Å².